The van der Waals surface area contributed by atoms with Gasteiger partial charge in [-0.15, -0.1) is 22.7 Å². The predicted octanol–water partition coefficient (Wildman–Crippen LogP) is 6.18. The number of hydrogen-bond acceptors (Lipinski definition) is 6. The summed E-state index contributed by atoms with van der Waals surface area (Å²) in [5, 5.41) is 12.3. The highest BCUT2D eigenvalue weighted by Gasteiger charge is 2.53. The molecule has 170 valence electrons. The maximum atomic E-state index is 12.4. The van der Waals surface area contributed by atoms with E-state index in [-0.39, 0.29) is 0 Å². The van der Waals surface area contributed by atoms with E-state index < -0.39 is 23.6 Å². The molecule has 1 fully saturated rings. The molecule has 8 heteroatoms. The Hall–Kier alpha value is -3.67. The van der Waals surface area contributed by atoms with Gasteiger partial charge in [0.25, 0.3) is 0 Å². The fraction of sp³-hybridized carbons (Fsp3) is 0.192. The molecule has 0 saturated heterocycles. The maximum Gasteiger partial charge on any atom is 0.412 e. The van der Waals surface area contributed by atoms with E-state index in [0.717, 1.165) is 24.7 Å². The highest BCUT2D eigenvalue weighted by Crippen LogP contribution is 2.52. The Balaban J connectivity index is 1.30. The molecule has 1 aliphatic carbocycles. The largest absolute Gasteiger partial charge is 0.481 e. The summed E-state index contributed by atoms with van der Waals surface area (Å²) in [6, 6.07) is 16.9. The second kappa shape index (κ2) is 8.93. The van der Waals surface area contributed by atoms with Crippen LogP contribution in [0.4, 0.5) is 10.5 Å². The van der Waals surface area contributed by atoms with Crippen LogP contribution in [0, 0.1) is 11.8 Å². The van der Waals surface area contributed by atoms with Gasteiger partial charge in [-0.1, -0.05) is 30.3 Å². The molecule has 1 unspecified atom stereocenters. The number of nitrogens with zero attached hydrogens (tertiary/aromatic N) is 1. The van der Waals surface area contributed by atoms with Crippen molar-refractivity contribution in [2.75, 3.05) is 5.32 Å². The lowest BCUT2D eigenvalue weighted by Crippen LogP contribution is -2.17. The maximum absolute atomic E-state index is 12.4. The Morgan fingerprint density at radius 3 is 2.56 bits per heavy atom. The Morgan fingerprint density at radius 1 is 1.09 bits per heavy atom. The molecule has 2 N–H and O–H groups in total. The first-order chi connectivity index (χ1) is 16.4. The monoisotopic (exact) mass is 488 g/mol. The second-order valence-corrected chi connectivity index (χ2v) is 10.2. The number of carbonyl (C=O) groups excluding carboxylic acids is 1. The van der Waals surface area contributed by atoms with Gasteiger partial charge in [0, 0.05) is 20.5 Å². The Kier molecular flexibility index (Phi) is 5.82. The lowest BCUT2D eigenvalue weighted by Gasteiger charge is -2.14. The van der Waals surface area contributed by atoms with Gasteiger partial charge in [-0.05, 0) is 61.4 Å². The van der Waals surface area contributed by atoms with E-state index in [1.807, 2.05) is 49.4 Å². The third kappa shape index (κ3) is 4.40. The van der Waals surface area contributed by atoms with Crippen LogP contribution in [0.2, 0.25) is 0 Å². The molecule has 5 rings (SSSR count). The van der Waals surface area contributed by atoms with E-state index in [0.29, 0.717) is 24.2 Å². The van der Waals surface area contributed by atoms with Crippen LogP contribution in [0.1, 0.15) is 46.9 Å². The number of rotatable bonds is 5. The molecule has 0 radical (unpaired) electrons. The van der Waals surface area contributed by atoms with Crippen LogP contribution >= 0.6 is 22.7 Å². The molecule has 1 aliphatic rings. The molecule has 6 nitrogen and oxygen atoms in total. The number of ether oxygens (including phenoxy) is 1. The number of hydrogen-bond donors (Lipinski definition) is 2. The van der Waals surface area contributed by atoms with Crippen molar-refractivity contribution in [2.45, 2.75) is 31.3 Å². The number of anilines is 1. The van der Waals surface area contributed by atoms with Crippen LogP contribution in [0.25, 0.3) is 9.40 Å². The molecular weight excluding hydrogens is 468 g/mol. The number of aromatic nitrogens is 1. The number of pyridine rings is 1. The van der Waals surface area contributed by atoms with Crippen molar-refractivity contribution in [1.29, 1.82) is 0 Å². The first-order valence-corrected chi connectivity index (χ1v) is 12.3. The fourth-order valence-electron chi connectivity index (χ4n) is 3.64. The van der Waals surface area contributed by atoms with Crippen molar-refractivity contribution in [1.82, 2.24) is 4.98 Å². The number of carboxylic acid groups (broad SMARTS) is 1. The number of fused-ring (bicyclic) bond motifs is 1. The second-order valence-electron chi connectivity index (χ2n) is 8.07. The van der Waals surface area contributed by atoms with Crippen LogP contribution in [-0.4, -0.2) is 22.2 Å². The Labute approximate surface area is 204 Å². The van der Waals surface area contributed by atoms with Gasteiger partial charge in [0.2, 0.25) is 0 Å². The number of benzene rings is 1. The van der Waals surface area contributed by atoms with Gasteiger partial charge in [0.05, 0.1) is 10.6 Å². The molecule has 4 aromatic rings. The Morgan fingerprint density at radius 2 is 1.85 bits per heavy atom. The standard InChI is InChI=1S/C26H20N2O4S2/c1-16(17-6-3-2-4-7-17)32-25(31)28-20-8-5-13-27-19(20)10-9-18-14-21-22(33-18)15-23(34-21)26(11-12-26)24(29)30/h2-8,13-16H,11-12H2,1H3,(H,28,31)(H,29,30). The number of amides is 1. The summed E-state index contributed by atoms with van der Waals surface area (Å²) in [6.45, 7) is 1.81. The van der Waals surface area contributed by atoms with Crippen LogP contribution in [0.3, 0.4) is 0 Å². The number of carbonyl (C=O) groups is 2. The normalized spacial score (nSPS) is 14.6. The summed E-state index contributed by atoms with van der Waals surface area (Å²) in [6.07, 6.45) is 2.04. The van der Waals surface area contributed by atoms with Gasteiger partial charge in [0.1, 0.15) is 17.2 Å². The summed E-state index contributed by atoms with van der Waals surface area (Å²) in [5.41, 5.74) is 1.13. The quantitative estimate of drug-likeness (QED) is 0.327. The first kappa shape index (κ1) is 22.1. The summed E-state index contributed by atoms with van der Waals surface area (Å²) in [4.78, 5) is 30.1. The number of aliphatic carboxylic acids is 1. The molecule has 1 saturated carbocycles. The average molecular weight is 489 g/mol. The van der Waals surface area contributed by atoms with E-state index in [9.17, 15) is 14.7 Å². The van der Waals surface area contributed by atoms with E-state index in [1.165, 1.54) is 22.7 Å². The zero-order valence-corrected chi connectivity index (χ0v) is 19.8. The lowest BCUT2D eigenvalue weighted by molar-refractivity contribution is -0.139. The van der Waals surface area contributed by atoms with E-state index >= 15 is 0 Å². The lowest BCUT2D eigenvalue weighted by atomic mass is 10.1. The SMILES string of the molecule is CC(OC(=O)Nc1cccnc1C#Cc1cc2sc(C3(C(=O)O)CC3)cc2s1)c1ccccc1. The number of nitrogens with one attached hydrogen (secondary N) is 1. The molecule has 0 aliphatic heterocycles. The van der Waals surface area contributed by atoms with Crippen LogP contribution in [-0.2, 0) is 14.9 Å². The molecule has 0 bridgehead atoms. The molecule has 1 amide bonds. The molecule has 3 heterocycles. The molecule has 1 atom stereocenters. The van der Waals surface area contributed by atoms with Gasteiger partial charge in [0.15, 0.2) is 0 Å². The van der Waals surface area contributed by atoms with Crippen molar-refractivity contribution >= 4 is 49.8 Å². The topological polar surface area (TPSA) is 88.5 Å². The van der Waals surface area contributed by atoms with Gasteiger partial charge in [-0.3, -0.25) is 10.1 Å². The molecule has 0 spiro atoms. The smallest absolute Gasteiger partial charge is 0.412 e. The van der Waals surface area contributed by atoms with Crippen LogP contribution < -0.4 is 5.32 Å². The van der Waals surface area contributed by atoms with Crippen LogP contribution in [0.5, 0.6) is 0 Å². The minimum atomic E-state index is -0.742. The first-order valence-electron chi connectivity index (χ1n) is 10.7. The molecule has 34 heavy (non-hydrogen) atoms. The molecule has 1 aromatic carbocycles. The molecule has 3 aromatic heterocycles. The summed E-state index contributed by atoms with van der Waals surface area (Å²) in [5.74, 6) is 5.41. The number of carboxylic acids is 1. The van der Waals surface area contributed by atoms with Crippen molar-refractivity contribution < 1.29 is 19.4 Å². The highest BCUT2D eigenvalue weighted by atomic mass is 32.1. The highest BCUT2D eigenvalue weighted by molar-refractivity contribution is 7.28. The van der Waals surface area contributed by atoms with Crippen molar-refractivity contribution in [3.05, 3.63) is 81.8 Å². The zero-order chi connectivity index (χ0) is 23.7. The van der Waals surface area contributed by atoms with Crippen molar-refractivity contribution in [3.8, 4) is 11.8 Å². The fourth-order valence-corrected chi connectivity index (χ4v) is 6.13. The van der Waals surface area contributed by atoms with E-state index in [4.69, 9.17) is 4.74 Å². The van der Waals surface area contributed by atoms with Crippen molar-refractivity contribution in [2.24, 2.45) is 0 Å². The summed E-state index contributed by atoms with van der Waals surface area (Å²) < 4.78 is 7.56. The minimum absolute atomic E-state index is 0.396. The van der Waals surface area contributed by atoms with Gasteiger partial charge in [-0.2, -0.15) is 0 Å². The third-order valence-electron chi connectivity index (χ3n) is 5.74. The Bertz CT molecular complexity index is 1410. The number of thiophene rings is 2. The van der Waals surface area contributed by atoms with Crippen LogP contribution in [0.15, 0.2) is 60.8 Å². The average Bonchev–Trinajstić information content (AvgIpc) is 3.42. The zero-order valence-electron chi connectivity index (χ0n) is 18.2. The van der Waals surface area contributed by atoms with E-state index in [1.54, 1.807) is 18.3 Å². The third-order valence-corrected chi connectivity index (χ3v) is 8.15. The van der Waals surface area contributed by atoms with Gasteiger partial charge in [-0.25, -0.2) is 9.78 Å². The predicted molar refractivity (Wildman–Crippen MR) is 133 cm³/mol. The molecular formula is C26H20N2O4S2. The minimum Gasteiger partial charge on any atom is -0.481 e. The van der Waals surface area contributed by atoms with E-state index in [2.05, 4.69) is 22.1 Å². The van der Waals surface area contributed by atoms with Crippen molar-refractivity contribution in [3.63, 3.8) is 0 Å². The van der Waals surface area contributed by atoms with Gasteiger partial charge >= 0.3 is 12.1 Å². The summed E-state index contributed by atoms with van der Waals surface area (Å²) in [7, 11) is 0. The summed E-state index contributed by atoms with van der Waals surface area (Å²) >= 11 is 3.05. The van der Waals surface area contributed by atoms with Gasteiger partial charge < -0.3 is 9.84 Å².